The van der Waals surface area contributed by atoms with Gasteiger partial charge in [-0.05, 0) is 71.8 Å². The van der Waals surface area contributed by atoms with E-state index in [0.29, 0.717) is 41.5 Å². The summed E-state index contributed by atoms with van der Waals surface area (Å²) < 4.78 is 18.5. The molecule has 4 aliphatic rings. The monoisotopic (exact) mass is 729 g/mol. The van der Waals surface area contributed by atoms with Gasteiger partial charge in [-0.2, -0.15) is 0 Å². The van der Waals surface area contributed by atoms with Crippen LogP contribution in [-0.2, 0) is 36.7 Å². The van der Waals surface area contributed by atoms with Gasteiger partial charge in [-0.3, -0.25) is 19.3 Å². The molecule has 280 valence electrons. The zero-order valence-electron chi connectivity index (χ0n) is 31.2. The molecule has 10 heteroatoms. The molecule has 4 aromatic rings. The fourth-order valence-electron chi connectivity index (χ4n) is 9.59. The van der Waals surface area contributed by atoms with Crippen molar-refractivity contribution >= 4 is 34.8 Å². The van der Waals surface area contributed by atoms with Crippen LogP contribution >= 0.6 is 0 Å². The van der Waals surface area contributed by atoms with Crippen molar-refractivity contribution in [2.24, 2.45) is 11.8 Å². The molecule has 4 aromatic carbocycles. The highest BCUT2D eigenvalue weighted by molar-refractivity contribution is 6.09. The molecule has 4 heterocycles. The minimum atomic E-state index is -1.46. The summed E-state index contributed by atoms with van der Waals surface area (Å²) in [6, 6.07) is 30.7. The van der Waals surface area contributed by atoms with Crippen LogP contribution in [0.4, 0.5) is 17.1 Å². The zero-order valence-corrected chi connectivity index (χ0v) is 31.2. The summed E-state index contributed by atoms with van der Waals surface area (Å²) in [6.45, 7) is 7.08. The van der Waals surface area contributed by atoms with Crippen LogP contribution in [0.15, 0.2) is 97.1 Å². The molecule has 10 nitrogen and oxygen atoms in total. The Bertz CT molecular complexity index is 2070. The van der Waals surface area contributed by atoms with E-state index in [4.69, 9.17) is 14.2 Å². The van der Waals surface area contributed by atoms with Gasteiger partial charge in [-0.15, -0.1) is 0 Å². The van der Waals surface area contributed by atoms with Gasteiger partial charge in [-0.25, -0.2) is 0 Å². The zero-order chi connectivity index (χ0) is 37.8. The maximum atomic E-state index is 15.4. The Kier molecular flexibility index (Phi) is 9.22. The van der Waals surface area contributed by atoms with E-state index in [9.17, 15) is 14.7 Å². The molecule has 54 heavy (non-hydrogen) atoms. The summed E-state index contributed by atoms with van der Waals surface area (Å²) in [7, 11) is 1.64. The van der Waals surface area contributed by atoms with Gasteiger partial charge in [0.15, 0.2) is 12.2 Å². The molecule has 0 aromatic heterocycles. The number of methoxy groups -OCH3 is 1. The van der Waals surface area contributed by atoms with Crippen molar-refractivity contribution in [3.8, 4) is 11.5 Å². The average Bonchev–Trinajstić information content (AvgIpc) is 3.85. The van der Waals surface area contributed by atoms with Gasteiger partial charge in [0.05, 0.1) is 50.2 Å². The fraction of sp³-hybridized carbons (Fsp3) is 0.386. The van der Waals surface area contributed by atoms with Gasteiger partial charge >= 0.3 is 0 Å². The normalized spacial score (nSPS) is 24.9. The standard InChI is InChI=1S/C44H47N3O7/c1-28-41(43(2,3)30-16-19-33(52-4)20-17-30)38(24-39(49)45-22-10-13-32(45)26-48)54-44(28)34-23-31(47-36-14-8-9-15-37(36)53-27-40(47)50)18-21-35(34)46(42(44)51)25-29-11-6-5-7-12-29/h5-9,11-12,14-21,23,28,32,38,41,48H,10,13,22,24-27H2,1-4H3/t28-,32+,38+,41-,44+/m1/s1. The van der Waals surface area contributed by atoms with Crippen LogP contribution in [0.3, 0.4) is 0 Å². The predicted octanol–water partition coefficient (Wildman–Crippen LogP) is 6.50. The van der Waals surface area contributed by atoms with E-state index in [1.165, 1.54) is 0 Å². The maximum absolute atomic E-state index is 15.4. The quantitative estimate of drug-likeness (QED) is 0.210. The number of likely N-dealkylation sites (tertiary alicyclic amines) is 1. The van der Waals surface area contributed by atoms with Gasteiger partial charge in [0, 0.05) is 29.6 Å². The molecule has 0 aliphatic carbocycles. The van der Waals surface area contributed by atoms with Crippen molar-refractivity contribution in [2.45, 2.75) is 69.7 Å². The minimum Gasteiger partial charge on any atom is -0.497 e. The van der Waals surface area contributed by atoms with E-state index < -0.39 is 23.0 Å². The van der Waals surface area contributed by atoms with Crippen molar-refractivity contribution in [3.05, 3.63) is 114 Å². The molecule has 5 atom stereocenters. The van der Waals surface area contributed by atoms with Crippen LogP contribution in [0, 0.1) is 11.8 Å². The molecule has 3 amide bonds. The van der Waals surface area contributed by atoms with E-state index in [1.54, 1.807) is 21.8 Å². The number of carbonyl (C=O) groups excluding carboxylic acids is 3. The first-order valence-electron chi connectivity index (χ1n) is 18.9. The Morgan fingerprint density at radius 2 is 1.70 bits per heavy atom. The first-order chi connectivity index (χ1) is 26.1. The number of rotatable bonds is 9. The maximum Gasteiger partial charge on any atom is 0.269 e. The Balaban J connectivity index is 1.27. The summed E-state index contributed by atoms with van der Waals surface area (Å²) in [5.41, 5.74) is 2.58. The van der Waals surface area contributed by atoms with E-state index in [2.05, 4.69) is 20.8 Å². The summed E-state index contributed by atoms with van der Waals surface area (Å²) in [5, 5.41) is 10.1. The number of hydrogen-bond acceptors (Lipinski definition) is 7. The molecular weight excluding hydrogens is 682 g/mol. The Labute approximate surface area is 316 Å². The second-order valence-electron chi connectivity index (χ2n) is 15.5. The first-order valence-corrected chi connectivity index (χ1v) is 18.9. The van der Waals surface area contributed by atoms with Crippen molar-refractivity contribution < 1.29 is 33.7 Å². The Morgan fingerprint density at radius 1 is 0.963 bits per heavy atom. The number of para-hydroxylation sites is 2. The average molecular weight is 730 g/mol. The van der Waals surface area contributed by atoms with Crippen LogP contribution in [0.2, 0.25) is 0 Å². The molecule has 8 rings (SSSR count). The van der Waals surface area contributed by atoms with Crippen LogP contribution in [-0.4, -0.2) is 66.7 Å². The number of carbonyl (C=O) groups is 3. The number of anilines is 3. The molecular formula is C44H47N3O7. The van der Waals surface area contributed by atoms with E-state index in [0.717, 1.165) is 29.7 Å². The van der Waals surface area contributed by atoms with Crippen molar-refractivity contribution in [1.29, 1.82) is 0 Å². The molecule has 0 saturated carbocycles. The van der Waals surface area contributed by atoms with E-state index in [-0.39, 0.29) is 49.3 Å². The summed E-state index contributed by atoms with van der Waals surface area (Å²) >= 11 is 0. The third-order valence-electron chi connectivity index (χ3n) is 12.3. The van der Waals surface area contributed by atoms with Crippen LogP contribution in [0.25, 0.3) is 0 Å². The third kappa shape index (κ3) is 5.74. The highest BCUT2D eigenvalue weighted by Crippen LogP contribution is 2.60. The lowest BCUT2D eigenvalue weighted by Gasteiger charge is -2.39. The van der Waals surface area contributed by atoms with E-state index >= 15 is 4.79 Å². The number of nitrogens with zero attached hydrogens (tertiary/aromatic N) is 3. The SMILES string of the molecule is COc1ccc(C(C)(C)[C@H]2[C@H](CC(=O)N3CCC[C@H]3CO)O[C@@]3(C(=O)N(Cc4ccccc4)c4ccc(N5C(=O)COc6ccccc65)cc43)[C@@H]2C)cc1. The fourth-order valence-corrected chi connectivity index (χ4v) is 9.59. The van der Waals surface area contributed by atoms with Gasteiger partial charge in [0.2, 0.25) is 5.91 Å². The van der Waals surface area contributed by atoms with Crippen LogP contribution < -0.4 is 19.3 Å². The van der Waals surface area contributed by atoms with Gasteiger partial charge in [0.25, 0.3) is 11.8 Å². The molecule has 4 aliphatic heterocycles. The Morgan fingerprint density at radius 3 is 2.44 bits per heavy atom. The first kappa shape index (κ1) is 35.8. The van der Waals surface area contributed by atoms with E-state index in [1.807, 2.05) is 97.1 Å². The molecule has 1 spiro atoms. The van der Waals surface area contributed by atoms with Crippen molar-refractivity contribution in [3.63, 3.8) is 0 Å². The predicted molar refractivity (Wildman–Crippen MR) is 205 cm³/mol. The number of aliphatic hydroxyl groups excluding tert-OH is 1. The summed E-state index contributed by atoms with van der Waals surface area (Å²) in [6.07, 6.45) is 0.994. The lowest BCUT2D eigenvalue weighted by atomic mass is 9.63. The third-order valence-corrected chi connectivity index (χ3v) is 12.3. The summed E-state index contributed by atoms with van der Waals surface area (Å²) in [5.74, 6) is 0.123. The summed E-state index contributed by atoms with van der Waals surface area (Å²) in [4.78, 5) is 48.4. The van der Waals surface area contributed by atoms with Crippen LogP contribution in [0.5, 0.6) is 11.5 Å². The highest BCUT2D eigenvalue weighted by atomic mass is 16.5. The van der Waals surface area contributed by atoms with Crippen molar-refractivity contribution in [2.75, 3.05) is 36.7 Å². The minimum absolute atomic E-state index is 0.0587. The van der Waals surface area contributed by atoms with Crippen LogP contribution in [0.1, 0.15) is 56.7 Å². The largest absolute Gasteiger partial charge is 0.497 e. The Hall–Kier alpha value is -5.19. The second kappa shape index (κ2) is 13.9. The smallest absolute Gasteiger partial charge is 0.269 e. The number of benzene rings is 4. The molecule has 1 N–H and O–H groups in total. The van der Waals surface area contributed by atoms with Crippen molar-refractivity contribution in [1.82, 2.24) is 4.90 Å². The second-order valence-corrected chi connectivity index (χ2v) is 15.5. The molecule has 0 unspecified atom stereocenters. The molecule has 0 radical (unpaired) electrons. The lowest BCUT2D eigenvalue weighted by molar-refractivity contribution is -0.150. The van der Waals surface area contributed by atoms with Gasteiger partial charge in [-0.1, -0.05) is 75.4 Å². The van der Waals surface area contributed by atoms with Gasteiger partial charge in [0.1, 0.15) is 11.5 Å². The highest BCUT2D eigenvalue weighted by Gasteiger charge is 2.66. The number of amides is 3. The number of aliphatic hydroxyl groups is 1. The molecule has 0 bridgehead atoms. The molecule has 2 saturated heterocycles. The topological polar surface area (TPSA) is 109 Å². The molecule has 2 fully saturated rings. The van der Waals surface area contributed by atoms with Gasteiger partial charge < -0.3 is 29.1 Å². The number of ether oxygens (including phenoxy) is 3. The number of hydrogen-bond donors (Lipinski definition) is 1. The number of fused-ring (bicyclic) bond motifs is 3. The lowest BCUT2D eigenvalue weighted by Crippen LogP contribution is -2.46.